The van der Waals surface area contributed by atoms with Crippen LogP contribution in [0.15, 0.2) is 51.9 Å². The lowest BCUT2D eigenvalue weighted by atomic mass is 9.68. The van der Waals surface area contributed by atoms with Crippen LogP contribution in [0.5, 0.6) is 5.75 Å². The molecular weight excluding hydrogens is 404 g/mol. The minimum atomic E-state index is -0.298. The molecule has 0 amide bonds. The smallest absolute Gasteiger partial charge is 0.144 e. The number of carbonyl (C=O) groups excluding carboxylic acids is 1. The molecular formula is C22H23BrN2O2. The molecule has 0 bridgehead atoms. The van der Waals surface area contributed by atoms with Crippen molar-refractivity contribution in [2.24, 2.45) is 16.3 Å². The molecule has 0 saturated heterocycles. The molecule has 2 aromatic rings. The topological polar surface area (TPSA) is 50.7 Å². The Morgan fingerprint density at radius 1 is 1.19 bits per heavy atom. The minimum Gasteiger partial charge on any atom is -0.496 e. The standard InChI is InChI=1S/C22H23BrN2O2/c1-22(2)11-17-20(18(26)12-22)21(14-10-13(23)8-9-19(14)27-3)25-16-7-5-4-6-15(16)24-17/h4-10,20-21,25H,11-12H2,1-3H3. The van der Waals surface area contributed by atoms with Crippen LogP contribution in [0.25, 0.3) is 0 Å². The number of aliphatic imine (C=N–C) groups is 1. The van der Waals surface area contributed by atoms with Gasteiger partial charge in [0, 0.05) is 22.2 Å². The molecule has 1 aliphatic heterocycles. The van der Waals surface area contributed by atoms with E-state index in [1.807, 2.05) is 42.5 Å². The summed E-state index contributed by atoms with van der Waals surface area (Å²) in [4.78, 5) is 18.2. The van der Waals surface area contributed by atoms with E-state index in [-0.39, 0.29) is 23.2 Å². The third-order valence-corrected chi connectivity index (χ3v) is 5.85. The zero-order valence-electron chi connectivity index (χ0n) is 15.8. The van der Waals surface area contributed by atoms with Crippen LogP contribution in [0.2, 0.25) is 0 Å². The number of anilines is 1. The third kappa shape index (κ3) is 3.41. The second kappa shape index (κ2) is 6.79. The molecule has 0 spiro atoms. The summed E-state index contributed by atoms with van der Waals surface area (Å²) in [5.41, 5.74) is 3.68. The van der Waals surface area contributed by atoms with Gasteiger partial charge in [-0.25, -0.2) is 0 Å². The molecule has 1 aliphatic carbocycles. The molecule has 1 heterocycles. The van der Waals surface area contributed by atoms with Gasteiger partial charge in [0.05, 0.1) is 30.4 Å². The average molecular weight is 427 g/mol. The van der Waals surface area contributed by atoms with Gasteiger partial charge in [-0.3, -0.25) is 9.79 Å². The van der Waals surface area contributed by atoms with E-state index in [1.165, 1.54) is 0 Å². The van der Waals surface area contributed by atoms with Crippen LogP contribution in [0.4, 0.5) is 11.4 Å². The SMILES string of the molecule is COc1ccc(Br)cc1C1Nc2ccccc2N=C2CC(C)(C)CC(=O)C21. The van der Waals surface area contributed by atoms with Gasteiger partial charge in [0.1, 0.15) is 11.5 Å². The molecule has 2 aromatic carbocycles. The van der Waals surface area contributed by atoms with Gasteiger partial charge in [-0.15, -0.1) is 0 Å². The molecule has 5 heteroatoms. The number of para-hydroxylation sites is 2. The van der Waals surface area contributed by atoms with E-state index in [9.17, 15) is 4.79 Å². The van der Waals surface area contributed by atoms with Crippen molar-refractivity contribution in [2.45, 2.75) is 32.7 Å². The molecule has 0 radical (unpaired) electrons. The van der Waals surface area contributed by atoms with E-state index < -0.39 is 0 Å². The van der Waals surface area contributed by atoms with Gasteiger partial charge in [0.2, 0.25) is 0 Å². The Morgan fingerprint density at radius 2 is 1.96 bits per heavy atom. The molecule has 140 valence electrons. The van der Waals surface area contributed by atoms with Gasteiger partial charge < -0.3 is 10.1 Å². The molecule has 2 unspecified atom stereocenters. The number of nitrogens with zero attached hydrogens (tertiary/aromatic N) is 1. The van der Waals surface area contributed by atoms with Crippen LogP contribution in [-0.4, -0.2) is 18.6 Å². The Morgan fingerprint density at radius 3 is 2.74 bits per heavy atom. The number of methoxy groups -OCH3 is 1. The Hall–Kier alpha value is -2.14. The predicted octanol–water partition coefficient (Wildman–Crippen LogP) is 5.70. The quantitative estimate of drug-likeness (QED) is 0.669. The zero-order chi connectivity index (χ0) is 19.2. The first kappa shape index (κ1) is 18.2. The summed E-state index contributed by atoms with van der Waals surface area (Å²) in [5.74, 6) is 0.707. The maximum atomic E-state index is 13.2. The Bertz CT molecular complexity index is 936. The molecule has 1 fully saturated rings. The average Bonchev–Trinajstić information content (AvgIpc) is 2.76. The molecule has 2 aliphatic rings. The first-order valence-electron chi connectivity index (χ1n) is 9.17. The number of nitrogens with one attached hydrogen (secondary N) is 1. The molecule has 4 nitrogen and oxygen atoms in total. The molecule has 1 N–H and O–H groups in total. The number of halogens is 1. The summed E-state index contributed by atoms with van der Waals surface area (Å²) < 4.78 is 6.58. The van der Waals surface area contributed by atoms with Crippen LogP contribution in [0.3, 0.4) is 0 Å². The summed E-state index contributed by atoms with van der Waals surface area (Å²) in [6.07, 6.45) is 1.37. The largest absolute Gasteiger partial charge is 0.496 e. The number of ketones is 1. The maximum absolute atomic E-state index is 13.2. The van der Waals surface area contributed by atoms with E-state index >= 15 is 0 Å². The maximum Gasteiger partial charge on any atom is 0.144 e. The molecule has 2 atom stereocenters. The number of fused-ring (bicyclic) bond motifs is 2. The highest BCUT2D eigenvalue weighted by Crippen LogP contribution is 2.46. The van der Waals surface area contributed by atoms with Gasteiger partial charge in [0.25, 0.3) is 0 Å². The Kier molecular flexibility index (Phi) is 4.58. The van der Waals surface area contributed by atoms with Gasteiger partial charge in [-0.2, -0.15) is 0 Å². The fourth-order valence-corrected chi connectivity index (χ4v) is 4.60. The highest BCUT2D eigenvalue weighted by atomic mass is 79.9. The number of hydrogen-bond acceptors (Lipinski definition) is 4. The van der Waals surface area contributed by atoms with Crippen molar-refractivity contribution in [3.05, 3.63) is 52.5 Å². The predicted molar refractivity (Wildman–Crippen MR) is 112 cm³/mol. The Labute approximate surface area is 168 Å². The first-order valence-corrected chi connectivity index (χ1v) is 9.96. The van der Waals surface area contributed by atoms with Crippen molar-refractivity contribution in [3.63, 3.8) is 0 Å². The summed E-state index contributed by atoms with van der Waals surface area (Å²) in [7, 11) is 1.66. The van der Waals surface area contributed by atoms with Crippen molar-refractivity contribution >= 4 is 38.8 Å². The lowest BCUT2D eigenvalue weighted by Crippen LogP contribution is -2.42. The van der Waals surface area contributed by atoms with Crippen molar-refractivity contribution in [1.82, 2.24) is 0 Å². The van der Waals surface area contributed by atoms with E-state index in [0.717, 1.165) is 39.3 Å². The second-order valence-electron chi connectivity index (χ2n) is 8.09. The second-order valence-corrected chi connectivity index (χ2v) is 9.01. The van der Waals surface area contributed by atoms with E-state index in [0.29, 0.717) is 6.42 Å². The van der Waals surface area contributed by atoms with Crippen LogP contribution >= 0.6 is 15.9 Å². The summed E-state index contributed by atoms with van der Waals surface area (Å²) in [5, 5.41) is 3.60. The van der Waals surface area contributed by atoms with Gasteiger partial charge in [-0.05, 0) is 42.2 Å². The molecule has 1 saturated carbocycles. The highest BCUT2D eigenvalue weighted by Gasteiger charge is 2.44. The van der Waals surface area contributed by atoms with Crippen LogP contribution in [-0.2, 0) is 4.79 Å². The van der Waals surface area contributed by atoms with Crippen molar-refractivity contribution in [1.29, 1.82) is 0 Å². The Balaban J connectivity index is 1.91. The lowest BCUT2D eigenvalue weighted by Gasteiger charge is -2.37. The van der Waals surface area contributed by atoms with E-state index in [1.54, 1.807) is 7.11 Å². The number of hydrogen-bond donors (Lipinski definition) is 1. The normalized spacial score (nSPS) is 23.4. The fourth-order valence-electron chi connectivity index (χ4n) is 4.22. The number of carbonyl (C=O) groups is 1. The summed E-state index contributed by atoms with van der Waals surface area (Å²) >= 11 is 3.57. The van der Waals surface area contributed by atoms with Gasteiger partial charge in [-0.1, -0.05) is 41.9 Å². The van der Waals surface area contributed by atoms with Gasteiger partial charge in [0.15, 0.2) is 0 Å². The number of Topliss-reactive ketones (excluding diaryl/α,β-unsaturated/α-hetero) is 1. The third-order valence-electron chi connectivity index (χ3n) is 5.36. The highest BCUT2D eigenvalue weighted by molar-refractivity contribution is 9.10. The van der Waals surface area contributed by atoms with Crippen LogP contribution in [0, 0.1) is 11.3 Å². The molecule has 27 heavy (non-hydrogen) atoms. The van der Waals surface area contributed by atoms with Crippen molar-refractivity contribution in [3.8, 4) is 5.75 Å². The number of rotatable bonds is 2. The van der Waals surface area contributed by atoms with E-state index in [4.69, 9.17) is 9.73 Å². The lowest BCUT2D eigenvalue weighted by molar-refractivity contribution is -0.124. The number of ether oxygens (including phenoxy) is 1. The van der Waals surface area contributed by atoms with Crippen LogP contribution in [0.1, 0.15) is 38.3 Å². The number of benzene rings is 2. The van der Waals surface area contributed by atoms with Gasteiger partial charge >= 0.3 is 0 Å². The monoisotopic (exact) mass is 426 g/mol. The van der Waals surface area contributed by atoms with E-state index in [2.05, 4.69) is 35.1 Å². The van der Waals surface area contributed by atoms with Crippen molar-refractivity contribution < 1.29 is 9.53 Å². The summed E-state index contributed by atoms with van der Waals surface area (Å²) in [6.45, 7) is 4.28. The zero-order valence-corrected chi connectivity index (χ0v) is 17.3. The minimum absolute atomic E-state index is 0.0718. The summed E-state index contributed by atoms with van der Waals surface area (Å²) in [6, 6.07) is 13.7. The first-order chi connectivity index (χ1) is 12.9. The fraction of sp³-hybridized carbons (Fsp3) is 0.364. The molecule has 0 aromatic heterocycles. The molecule has 4 rings (SSSR count). The van der Waals surface area contributed by atoms with Crippen molar-refractivity contribution in [2.75, 3.05) is 12.4 Å². The van der Waals surface area contributed by atoms with Crippen LogP contribution < -0.4 is 10.1 Å².